The summed E-state index contributed by atoms with van der Waals surface area (Å²) < 4.78 is 29.2. The molecule has 0 aliphatic rings. The molecule has 0 radical (unpaired) electrons. The molecule has 2 N–H and O–H groups in total. The van der Waals surface area contributed by atoms with Crippen molar-refractivity contribution in [1.82, 2.24) is 9.55 Å². The minimum absolute atomic E-state index is 0.181. The summed E-state index contributed by atoms with van der Waals surface area (Å²) in [6.07, 6.45) is 0. The molecule has 0 amide bonds. The van der Waals surface area contributed by atoms with E-state index in [4.69, 9.17) is 5.73 Å². The first-order chi connectivity index (χ1) is 9.47. The highest BCUT2D eigenvalue weighted by Crippen LogP contribution is 2.28. The molecule has 0 saturated heterocycles. The zero-order chi connectivity index (χ0) is 14.4. The number of nitrogens with two attached hydrogens (primary N) is 1. The Hall–Kier alpha value is -1.95. The average Bonchev–Trinajstić information content (AvgIpc) is 2.69. The minimum atomic E-state index is -0.425. The van der Waals surface area contributed by atoms with Gasteiger partial charge in [0.2, 0.25) is 5.95 Å². The number of rotatable bonds is 1. The van der Waals surface area contributed by atoms with Crippen LogP contribution in [0.25, 0.3) is 16.7 Å². The van der Waals surface area contributed by atoms with E-state index in [1.54, 1.807) is 25.1 Å². The molecular formula is C14H10BrF2N3. The number of hydrogen-bond acceptors (Lipinski definition) is 2. The van der Waals surface area contributed by atoms with Crippen molar-refractivity contribution in [1.29, 1.82) is 0 Å². The van der Waals surface area contributed by atoms with E-state index in [0.29, 0.717) is 26.8 Å². The third kappa shape index (κ3) is 1.96. The second-order valence-corrected chi connectivity index (χ2v) is 5.35. The van der Waals surface area contributed by atoms with Gasteiger partial charge in [0, 0.05) is 6.07 Å². The predicted molar refractivity (Wildman–Crippen MR) is 77.8 cm³/mol. The number of fused-ring (bicyclic) bond motifs is 1. The first kappa shape index (κ1) is 13.1. The van der Waals surface area contributed by atoms with Crippen molar-refractivity contribution in [3.05, 3.63) is 52.0 Å². The van der Waals surface area contributed by atoms with Crippen LogP contribution in [-0.2, 0) is 0 Å². The zero-order valence-corrected chi connectivity index (χ0v) is 12.1. The number of benzene rings is 2. The Morgan fingerprint density at radius 3 is 2.60 bits per heavy atom. The van der Waals surface area contributed by atoms with Crippen LogP contribution in [0, 0.1) is 18.6 Å². The molecule has 0 spiro atoms. The van der Waals surface area contributed by atoms with Gasteiger partial charge in [-0.05, 0) is 46.6 Å². The van der Waals surface area contributed by atoms with Gasteiger partial charge in [0.25, 0.3) is 0 Å². The van der Waals surface area contributed by atoms with Gasteiger partial charge in [0.05, 0.1) is 21.2 Å². The molecule has 102 valence electrons. The predicted octanol–water partition coefficient (Wildman–Crippen LogP) is 3.96. The Bertz CT molecular complexity index is 827. The summed E-state index contributed by atoms with van der Waals surface area (Å²) >= 11 is 3.10. The molecule has 0 atom stereocenters. The minimum Gasteiger partial charge on any atom is -0.369 e. The monoisotopic (exact) mass is 337 g/mol. The van der Waals surface area contributed by atoms with Crippen LogP contribution in [0.15, 0.2) is 34.8 Å². The van der Waals surface area contributed by atoms with Crippen LogP contribution >= 0.6 is 15.9 Å². The smallest absolute Gasteiger partial charge is 0.205 e. The van der Waals surface area contributed by atoms with E-state index in [2.05, 4.69) is 20.9 Å². The summed E-state index contributed by atoms with van der Waals surface area (Å²) in [6.45, 7) is 1.67. The van der Waals surface area contributed by atoms with E-state index in [0.717, 1.165) is 0 Å². The first-order valence-electron chi connectivity index (χ1n) is 5.87. The van der Waals surface area contributed by atoms with Crippen LogP contribution in [0.1, 0.15) is 5.56 Å². The molecular weight excluding hydrogens is 328 g/mol. The molecule has 6 heteroatoms. The lowest BCUT2D eigenvalue weighted by Gasteiger charge is -2.08. The number of aryl methyl sites for hydroxylation is 1. The van der Waals surface area contributed by atoms with E-state index in [1.807, 2.05) is 0 Å². The molecule has 3 aromatic rings. The summed E-state index contributed by atoms with van der Waals surface area (Å²) in [6, 6.07) is 7.58. The lowest BCUT2D eigenvalue weighted by Crippen LogP contribution is -2.01. The van der Waals surface area contributed by atoms with E-state index in [9.17, 15) is 8.78 Å². The Morgan fingerprint density at radius 1 is 1.15 bits per heavy atom. The van der Waals surface area contributed by atoms with E-state index >= 15 is 0 Å². The van der Waals surface area contributed by atoms with Gasteiger partial charge in [-0.15, -0.1) is 0 Å². The number of halogens is 3. The number of nitrogens with zero attached hydrogens (tertiary/aromatic N) is 2. The van der Waals surface area contributed by atoms with Crippen molar-refractivity contribution in [3.8, 4) is 5.69 Å². The Balaban J connectivity index is 2.32. The maximum absolute atomic E-state index is 13.7. The SMILES string of the molecule is Cc1ccc(-n2c(N)nc3cc(Br)c(F)cc32)cc1F. The van der Waals surface area contributed by atoms with E-state index < -0.39 is 5.82 Å². The van der Waals surface area contributed by atoms with Crippen LogP contribution in [0.4, 0.5) is 14.7 Å². The van der Waals surface area contributed by atoms with Crippen LogP contribution in [0.5, 0.6) is 0 Å². The van der Waals surface area contributed by atoms with Crippen molar-refractivity contribution in [2.75, 3.05) is 5.73 Å². The lowest BCUT2D eigenvalue weighted by atomic mass is 10.2. The summed E-state index contributed by atoms with van der Waals surface area (Å²) in [5.41, 5.74) is 7.94. The maximum atomic E-state index is 13.7. The first-order valence-corrected chi connectivity index (χ1v) is 6.66. The molecule has 2 aromatic carbocycles. The highest BCUT2D eigenvalue weighted by Gasteiger charge is 2.13. The fraction of sp³-hybridized carbons (Fsp3) is 0.0714. The van der Waals surface area contributed by atoms with Crippen LogP contribution in [-0.4, -0.2) is 9.55 Å². The molecule has 3 rings (SSSR count). The number of imidazole rings is 1. The van der Waals surface area contributed by atoms with Gasteiger partial charge in [-0.2, -0.15) is 0 Å². The van der Waals surface area contributed by atoms with E-state index in [-0.39, 0.29) is 11.8 Å². The van der Waals surface area contributed by atoms with Crippen molar-refractivity contribution in [2.45, 2.75) is 6.92 Å². The Kier molecular flexibility index (Phi) is 2.97. The van der Waals surface area contributed by atoms with E-state index in [1.165, 1.54) is 16.7 Å². The Labute approximate surface area is 122 Å². The third-order valence-corrected chi connectivity index (χ3v) is 3.74. The lowest BCUT2D eigenvalue weighted by molar-refractivity contribution is 0.617. The number of anilines is 1. The number of hydrogen-bond donors (Lipinski definition) is 1. The van der Waals surface area contributed by atoms with Gasteiger partial charge in [0.15, 0.2) is 0 Å². The van der Waals surface area contributed by atoms with Gasteiger partial charge in [-0.1, -0.05) is 6.07 Å². The second kappa shape index (κ2) is 4.56. The van der Waals surface area contributed by atoms with Crippen molar-refractivity contribution in [2.24, 2.45) is 0 Å². The standard InChI is InChI=1S/C14H10BrF2N3/c1-7-2-3-8(4-10(7)16)20-13-6-11(17)9(15)5-12(13)19-14(20)18/h2-6H,1H3,(H2,18,19). The van der Waals surface area contributed by atoms with Gasteiger partial charge in [-0.25, -0.2) is 13.8 Å². The van der Waals surface area contributed by atoms with Crippen LogP contribution in [0.3, 0.4) is 0 Å². The largest absolute Gasteiger partial charge is 0.369 e. The van der Waals surface area contributed by atoms with Crippen molar-refractivity contribution < 1.29 is 8.78 Å². The highest BCUT2D eigenvalue weighted by molar-refractivity contribution is 9.10. The maximum Gasteiger partial charge on any atom is 0.205 e. The van der Waals surface area contributed by atoms with Crippen molar-refractivity contribution >= 4 is 32.9 Å². The highest BCUT2D eigenvalue weighted by atomic mass is 79.9. The molecule has 1 aromatic heterocycles. The molecule has 1 heterocycles. The zero-order valence-electron chi connectivity index (χ0n) is 10.5. The van der Waals surface area contributed by atoms with Gasteiger partial charge < -0.3 is 5.73 Å². The quantitative estimate of drug-likeness (QED) is 0.730. The van der Waals surface area contributed by atoms with Crippen LogP contribution in [0.2, 0.25) is 0 Å². The van der Waals surface area contributed by atoms with Gasteiger partial charge in [-0.3, -0.25) is 4.57 Å². The molecule has 0 unspecified atom stereocenters. The molecule has 3 nitrogen and oxygen atoms in total. The topological polar surface area (TPSA) is 43.8 Å². The third-order valence-electron chi connectivity index (χ3n) is 3.14. The molecule has 0 saturated carbocycles. The molecule has 0 bridgehead atoms. The summed E-state index contributed by atoms with van der Waals surface area (Å²) in [5, 5.41) is 0. The van der Waals surface area contributed by atoms with Crippen molar-refractivity contribution in [3.63, 3.8) is 0 Å². The van der Waals surface area contributed by atoms with Crippen LogP contribution < -0.4 is 5.73 Å². The summed E-state index contributed by atoms with van der Waals surface area (Å²) in [7, 11) is 0. The fourth-order valence-electron chi connectivity index (χ4n) is 2.08. The average molecular weight is 338 g/mol. The van der Waals surface area contributed by atoms with Gasteiger partial charge >= 0.3 is 0 Å². The van der Waals surface area contributed by atoms with Gasteiger partial charge in [0.1, 0.15) is 11.6 Å². The second-order valence-electron chi connectivity index (χ2n) is 4.49. The summed E-state index contributed by atoms with van der Waals surface area (Å²) in [4.78, 5) is 4.17. The molecule has 0 aliphatic carbocycles. The number of nitrogen functional groups attached to an aromatic ring is 1. The number of aromatic nitrogens is 2. The molecule has 20 heavy (non-hydrogen) atoms. The molecule has 0 fully saturated rings. The fourth-order valence-corrected chi connectivity index (χ4v) is 2.41. The summed E-state index contributed by atoms with van der Waals surface area (Å²) in [5.74, 6) is -0.590. The normalized spacial score (nSPS) is 11.2. The molecule has 0 aliphatic heterocycles. The Morgan fingerprint density at radius 2 is 1.90 bits per heavy atom.